The lowest BCUT2D eigenvalue weighted by molar-refractivity contribution is -0.131. The highest BCUT2D eigenvalue weighted by atomic mass is 16.5. The summed E-state index contributed by atoms with van der Waals surface area (Å²) in [4.78, 5) is 23.3. The van der Waals surface area contributed by atoms with Crippen molar-refractivity contribution in [3.63, 3.8) is 0 Å². The summed E-state index contributed by atoms with van der Waals surface area (Å²) < 4.78 is 15.3. The van der Waals surface area contributed by atoms with Crippen LogP contribution >= 0.6 is 0 Å². The molecule has 0 atom stereocenters. The van der Waals surface area contributed by atoms with Gasteiger partial charge in [-0.25, -0.2) is 0 Å². The van der Waals surface area contributed by atoms with Crippen molar-refractivity contribution in [3.05, 3.63) is 53.6 Å². The summed E-state index contributed by atoms with van der Waals surface area (Å²) in [6, 6.07) is 11.4. The molecule has 0 fully saturated rings. The van der Waals surface area contributed by atoms with Gasteiger partial charge in [0.25, 0.3) is 0 Å². The predicted octanol–water partition coefficient (Wildman–Crippen LogP) is 2.86. The van der Waals surface area contributed by atoms with Crippen LogP contribution in [-0.4, -0.2) is 26.0 Å². The maximum absolute atomic E-state index is 12.4. The van der Waals surface area contributed by atoms with E-state index in [-0.39, 0.29) is 5.78 Å². The lowest BCUT2D eigenvalue weighted by atomic mass is 10.0. The first kappa shape index (κ1) is 15.6. The van der Waals surface area contributed by atoms with Gasteiger partial charge < -0.3 is 14.2 Å². The Balaban J connectivity index is 2.26. The standard InChI is InChI=1S/C17H16O5/c1-11(18)22-14-7-4-12(5-8-14)17(19)13-6-9-15(20-2)16(10-13)21-3/h4-10H,1-3H3. The van der Waals surface area contributed by atoms with E-state index in [2.05, 4.69) is 0 Å². The van der Waals surface area contributed by atoms with E-state index < -0.39 is 5.97 Å². The molecule has 2 rings (SSSR count). The van der Waals surface area contributed by atoms with E-state index in [0.29, 0.717) is 28.4 Å². The highest BCUT2D eigenvalue weighted by Gasteiger charge is 2.13. The third-order valence-corrected chi connectivity index (χ3v) is 3.02. The minimum absolute atomic E-state index is 0.157. The van der Waals surface area contributed by atoms with Crippen LogP contribution in [0.3, 0.4) is 0 Å². The van der Waals surface area contributed by atoms with E-state index >= 15 is 0 Å². The van der Waals surface area contributed by atoms with Crippen LogP contribution in [0.15, 0.2) is 42.5 Å². The second-order valence-electron chi connectivity index (χ2n) is 4.52. The van der Waals surface area contributed by atoms with Crippen molar-refractivity contribution in [1.82, 2.24) is 0 Å². The Hall–Kier alpha value is -2.82. The van der Waals surface area contributed by atoms with Crippen LogP contribution < -0.4 is 14.2 Å². The van der Waals surface area contributed by atoms with Gasteiger partial charge in [-0.05, 0) is 42.5 Å². The van der Waals surface area contributed by atoms with Gasteiger partial charge in [-0.3, -0.25) is 9.59 Å². The highest BCUT2D eigenvalue weighted by Crippen LogP contribution is 2.28. The zero-order valence-electron chi connectivity index (χ0n) is 12.6. The Morgan fingerprint density at radius 2 is 1.41 bits per heavy atom. The maximum atomic E-state index is 12.4. The highest BCUT2D eigenvalue weighted by molar-refractivity contribution is 6.09. The summed E-state index contributed by atoms with van der Waals surface area (Å²) in [5.41, 5.74) is 0.973. The normalized spacial score (nSPS) is 9.95. The molecule has 0 aliphatic heterocycles. The molecule has 0 saturated carbocycles. The molecule has 0 aromatic heterocycles. The minimum atomic E-state index is -0.404. The number of ether oxygens (including phenoxy) is 3. The zero-order valence-corrected chi connectivity index (χ0v) is 12.6. The number of carbonyl (C=O) groups is 2. The molecule has 114 valence electrons. The quantitative estimate of drug-likeness (QED) is 0.483. The Morgan fingerprint density at radius 3 is 1.95 bits per heavy atom. The second-order valence-corrected chi connectivity index (χ2v) is 4.52. The molecule has 2 aromatic carbocycles. The maximum Gasteiger partial charge on any atom is 0.308 e. The van der Waals surface area contributed by atoms with Crippen molar-refractivity contribution in [1.29, 1.82) is 0 Å². The molecule has 0 spiro atoms. The topological polar surface area (TPSA) is 61.8 Å². The van der Waals surface area contributed by atoms with Crippen LogP contribution in [0, 0.1) is 0 Å². The van der Waals surface area contributed by atoms with Crippen LogP contribution in [0.25, 0.3) is 0 Å². The molecule has 5 nitrogen and oxygen atoms in total. The van der Waals surface area contributed by atoms with Crippen LogP contribution in [0.5, 0.6) is 17.2 Å². The Bertz CT molecular complexity index is 689. The molecule has 0 bridgehead atoms. The molecule has 0 heterocycles. The van der Waals surface area contributed by atoms with Gasteiger partial charge in [-0.2, -0.15) is 0 Å². The van der Waals surface area contributed by atoms with Gasteiger partial charge >= 0.3 is 5.97 Å². The lowest BCUT2D eigenvalue weighted by Gasteiger charge is -2.09. The lowest BCUT2D eigenvalue weighted by Crippen LogP contribution is -2.04. The summed E-state index contributed by atoms with van der Waals surface area (Å²) in [6.07, 6.45) is 0. The van der Waals surface area contributed by atoms with Gasteiger partial charge in [0.2, 0.25) is 0 Å². The molecular weight excluding hydrogens is 284 g/mol. The summed E-state index contributed by atoms with van der Waals surface area (Å²) >= 11 is 0. The van der Waals surface area contributed by atoms with Gasteiger partial charge in [-0.1, -0.05) is 0 Å². The van der Waals surface area contributed by atoms with Crippen molar-refractivity contribution in [3.8, 4) is 17.2 Å². The molecule has 0 N–H and O–H groups in total. The Labute approximate surface area is 128 Å². The zero-order chi connectivity index (χ0) is 16.1. The third kappa shape index (κ3) is 3.44. The van der Waals surface area contributed by atoms with Gasteiger partial charge in [-0.15, -0.1) is 0 Å². The van der Waals surface area contributed by atoms with Gasteiger partial charge in [0.05, 0.1) is 14.2 Å². The largest absolute Gasteiger partial charge is 0.493 e. The van der Waals surface area contributed by atoms with Crippen molar-refractivity contribution < 1.29 is 23.8 Å². The number of benzene rings is 2. The predicted molar refractivity (Wildman–Crippen MR) is 80.7 cm³/mol. The summed E-state index contributed by atoms with van der Waals surface area (Å²) in [6.45, 7) is 1.32. The molecule has 0 saturated heterocycles. The van der Waals surface area contributed by atoms with E-state index in [1.807, 2.05) is 0 Å². The van der Waals surface area contributed by atoms with Gasteiger partial charge in [0.1, 0.15) is 5.75 Å². The molecule has 22 heavy (non-hydrogen) atoms. The smallest absolute Gasteiger partial charge is 0.308 e. The van der Waals surface area contributed by atoms with E-state index in [1.54, 1.807) is 42.5 Å². The summed E-state index contributed by atoms with van der Waals surface area (Å²) in [7, 11) is 3.05. The molecular formula is C17H16O5. The molecule has 0 unspecified atom stereocenters. The molecule has 0 aliphatic carbocycles. The van der Waals surface area contributed by atoms with Gasteiger partial charge in [0, 0.05) is 18.1 Å². The average Bonchev–Trinajstić information content (AvgIpc) is 2.53. The fourth-order valence-corrected chi connectivity index (χ4v) is 1.98. The third-order valence-electron chi connectivity index (χ3n) is 3.02. The number of ketones is 1. The SMILES string of the molecule is COc1ccc(C(=O)c2ccc(OC(C)=O)cc2)cc1OC. The van der Waals surface area contributed by atoms with Crippen molar-refractivity contribution in [2.45, 2.75) is 6.92 Å². The minimum Gasteiger partial charge on any atom is -0.493 e. The Morgan fingerprint density at radius 1 is 0.818 bits per heavy atom. The fraction of sp³-hybridized carbons (Fsp3) is 0.176. The monoisotopic (exact) mass is 300 g/mol. The van der Waals surface area contributed by atoms with E-state index in [9.17, 15) is 9.59 Å². The average molecular weight is 300 g/mol. The number of methoxy groups -OCH3 is 2. The first-order valence-corrected chi connectivity index (χ1v) is 6.60. The number of esters is 1. The van der Waals surface area contributed by atoms with Gasteiger partial charge in [0.15, 0.2) is 17.3 Å². The van der Waals surface area contributed by atoms with Crippen molar-refractivity contribution in [2.24, 2.45) is 0 Å². The van der Waals surface area contributed by atoms with Crippen LogP contribution in [0.2, 0.25) is 0 Å². The number of rotatable bonds is 5. The number of hydrogen-bond donors (Lipinski definition) is 0. The van der Waals surface area contributed by atoms with E-state index in [4.69, 9.17) is 14.2 Å². The molecule has 5 heteroatoms. The van der Waals surface area contributed by atoms with Crippen LogP contribution in [0.1, 0.15) is 22.8 Å². The van der Waals surface area contributed by atoms with E-state index in [1.165, 1.54) is 21.1 Å². The molecule has 2 aromatic rings. The first-order chi connectivity index (χ1) is 10.5. The number of carbonyl (C=O) groups excluding carboxylic acids is 2. The number of hydrogen-bond acceptors (Lipinski definition) is 5. The fourth-order valence-electron chi connectivity index (χ4n) is 1.98. The molecule has 0 aliphatic rings. The Kier molecular flexibility index (Phi) is 4.78. The van der Waals surface area contributed by atoms with Crippen LogP contribution in [0.4, 0.5) is 0 Å². The molecule has 0 amide bonds. The second kappa shape index (κ2) is 6.76. The van der Waals surface area contributed by atoms with Crippen molar-refractivity contribution >= 4 is 11.8 Å². The van der Waals surface area contributed by atoms with Crippen LogP contribution in [-0.2, 0) is 4.79 Å². The molecule has 0 radical (unpaired) electrons. The van der Waals surface area contributed by atoms with E-state index in [0.717, 1.165) is 0 Å². The summed E-state index contributed by atoms with van der Waals surface area (Å²) in [5.74, 6) is 0.889. The van der Waals surface area contributed by atoms with Crippen molar-refractivity contribution in [2.75, 3.05) is 14.2 Å². The first-order valence-electron chi connectivity index (χ1n) is 6.60. The summed E-state index contributed by atoms with van der Waals surface area (Å²) in [5, 5.41) is 0.